The molecule has 0 bridgehead atoms. The summed E-state index contributed by atoms with van der Waals surface area (Å²) in [6.07, 6.45) is 1.67. The molecule has 0 spiro atoms. The van der Waals surface area contributed by atoms with Gasteiger partial charge in [0.1, 0.15) is 11.5 Å². The van der Waals surface area contributed by atoms with E-state index in [1.54, 1.807) is 36.8 Å². The lowest BCUT2D eigenvalue weighted by Crippen LogP contribution is -2.40. The molecule has 1 aliphatic heterocycles. The Morgan fingerprint density at radius 1 is 1.17 bits per heavy atom. The summed E-state index contributed by atoms with van der Waals surface area (Å²) < 4.78 is 19.0. The molecule has 5 rings (SSSR count). The van der Waals surface area contributed by atoms with Crippen LogP contribution in [0.4, 0.5) is 0 Å². The Kier molecular flexibility index (Phi) is 6.75. The van der Waals surface area contributed by atoms with Gasteiger partial charge in [0.15, 0.2) is 9.47 Å². The average molecular weight is 565 g/mol. The number of nitrogens with zero attached hydrogens (tertiary/aromatic N) is 2. The molecule has 9 heteroatoms. The minimum Gasteiger partial charge on any atom is -0.497 e. The Labute approximate surface area is 218 Å². The SMILES string of the molecule is CCOC(=O)C1=C(c2ccccc2)N=c2s/c(=C\c3ccc(Br)o3)c(=O)n2[C@@H]1c1cccc(OC)c1. The van der Waals surface area contributed by atoms with E-state index in [1.165, 1.54) is 11.3 Å². The topological polar surface area (TPSA) is 83.0 Å². The number of thiazole rings is 1. The Balaban J connectivity index is 1.84. The average Bonchev–Trinajstić information content (AvgIpc) is 3.45. The maximum Gasteiger partial charge on any atom is 0.338 e. The van der Waals surface area contributed by atoms with Crippen molar-refractivity contribution in [2.45, 2.75) is 13.0 Å². The summed E-state index contributed by atoms with van der Waals surface area (Å²) >= 11 is 4.53. The molecule has 7 nitrogen and oxygen atoms in total. The number of benzene rings is 2. The van der Waals surface area contributed by atoms with Crippen LogP contribution in [0, 0.1) is 0 Å². The number of carbonyl (C=O) groups is 1. The third kappa shape index (κ3) is 4.47. The van der Waals surface area contributed by atoms with Crippen molar-refractivity contribution in [1.82, 2.24) is 4.57 Å². The van der Waals surface area contributed by atoms with Crippen molar-refractivity contribution in [3.63, 3.8) is 0 Å². The van der Waals surface area contributed by atoms with Gasteiger partial charge in [-0.15, -0.1) is 0 Å². The molecule has 0 aliphatic carbocycles. The number of ether oxygens (including phenoxy) is 2. The number of hydrogen-bond acceptors (Lipinski definition) is 7. The Morgan fingerprint density at radius 2 is 1.97 bits per heavy atom. The van der Waals surface area contributed by atoms with E-state index in [9.17, 15) is 9.59 Å². The highest BCUT2D eigenvalue weighted by molar-refractivity contribution is 9.10. The second-order valence-corrected chi connectivity index (χ2v) is 9.64. The van der Waals surface area contributed by atoms with Crippen molar-refractivity contribution in [1.29, 1.82) is 0 Å². The van der Waals surface area contributed by atoms with Gasteiger partial charge in [-0.3, -0.25) is 9.36 Å². The maximum atomic E-state index is 13.8. The minimum absolute atomic E-state index is 0.188. The second-order valence-electron chi connectivity index (χ2n) is 7.85. The van der Waals surface area contributed by atoms with E-state index in [0.29, 0.717) is 36.8 Å². The van der Waals surface area contributed by atoms with Gasteiger partial charge in [-0.25, -0.2) is 9.79 Å². The van der Waals surface area contributed by atoms with Gasteiger partial charge < -0.3 is 13.9 Å². The molecule has 2 aromatic carbocycles. The van der Waals surface area contributed by atoms with E-state index in [2.05, 4.69) is 15.9 Å². The molecule has 36 heavy (non-hydrogen) atoms. The predicted octanol–water partition coefficient (Wildman–Crippen LogP) is 4.30. The van der Waals surface area contributed by atoms with E-state index in [1.807, 2.05) is 54.6 Å². The first kappa shape index (κ1) is 24.0. The highest BCUT2D eigenvalue weighted by atomic mass is 79.9. The van der Waals surface area contributed by atoms with Crippen molar-refractivity contribution in [2.24, 2.45) is 4.99 Å². The fourth-order valence-electron chi connectivity index (χ4n) is 4.10. The van der Waals surface area contributed by atoms with Crippen LogP contribution in [0.25, 0.3) is 11.8 Å². The van der Waals surface area contributed by atoms with Crippen molar-refractivity contribution >= 4 is 45.0 Å². The summed E-state index contributed by atoms with van der Waals surface area (Å²) in [5.41, 5.74) is 1.93. The largest absolute Gasteiger partial charge is 0.497 e. The Bertz CT molecular complexity index is 1650. The molecule has 0 amide bonds. The first-order chi connectivity index (χ1) is 17.5. The molecular weight excluding hydrogens is 544 g/mol. The number of aromatic nitrogens is 1. The molecule has 1 atom stereocenters. The van der Waals surface area contributed by atoms with Crippen LogP contribution in [-0.4, -0.2) is 24.3 Å². The van der Waals surface area contributed by atoms with E-state index in [0.717, 1.165) is 5.56 Å². The fourth-order valence-corrected chi connectivity index (χ4v) is 5.40. The standard InChI is InChI=1S/C27H21BrN2O5S/c1-3-34-26(32)22-23(16-8-5-4-6-9-16)29-27-30(24(22)17-10-7-11-18(14-17)33-2)25(31)20(36-27)15-19-12-13-21(28)35-19/h4-15,24H,3H2,1-2H3/b20-15-/t24-/m1/s1. The van der Waals surface area contributed by atoms with Gasteiger partial charge in [0.25, 0.3) is 5.56 Å². The number of hydrogen-bond donors (Lipinski definition) is 0. The van der Waals surface area contributed by atoms with Crippen LogP contribution in [0.15, 0.2) is 91.2 Å². The van der Waals surface area contributed by atoms with Crippen LogP contribution < -0.4 is 19.6 Å². The molecule has 0 saturated heterocycles. The van der Waals surface area contributed by atoms with E-state index >= 15 is 0 Å². The van der Waals surface area contributed by atoms with Crippen LogP contribution in [0.5, 0.6) is 5.75 Å². The van der Waals surface area contributed by atoms with Gasteiger partial charge in [0, 0.05) is 11.6 Å². The summed E-state index contributed by atoms with van der Waals surface area (Å²) in [4.78, 5) is 32.5. The number of methoxy groups -OCH3 is 1. The molecule has 4 aromatic rings. The second kappa shape index (κ2) is 10.1. The Morgan fingerprint density at radius 3 is 2.67 bits per heavy atom. The third-order valence-corrected chi connectivity index (χ3v) is 7.06. The third-order valence-electron chi connectivity index (χ3n) is 5.65. The molecule has 182 valence electrons. The van der Waals surface area contributed by atoms with Crippen molar-refractivity contribution in [3.8, 4) is 5.75 Å². The van der Waals surface area contributed by atoms with E-state index in [-0.39, 0.29) is 17.7 Å². The number of carbonyl (C=O) groups excluding carboxylic acids is 1. The summed E-state index contributed by atoms with van der Waals surface area (Å²) in [7, 11) is 1.57. The zero-order chi connectivity index (χ0) is 25.2. The molecule has 1 aliphatic rings. The fraction of sp³-hybridized carbons (Fsp3) is 0.148. The van der Waals surface area contributed by atoms with Crippen molar-refractivity contribution in [2.75, 3.05) is 13.7 Å². The molecule has 0 unspecified atom stereocenters. The van der Waals surface area contributed by atoms with Gasteiger partial charge in [-0.1, -0.05) is 53.8 Å². The van der Waals surface area contributed by atoms with Crippen LogP contribution in [0.3, 0.4) is 0 Å². The molecule has 0 radical (unpaired) electrons. The monoisotopic (exact) mass is 564 g/mol. The smallest absolute Gasteiger partial charge is 0.338 e. The highest BCUT2D eigenvalue weighted by Gasteiger charge is 2.35. The lowest BCUT2D eigenvalue weighted by molar-refractivity contribution is -0.138. The number of halogens is 1. The summed E-state index contributed by atoms with van der Waals surface area (Å²) in [6.45, 7) is 1.94. The van der Waals surface area contributed by atoms with Crippen molar-refractivity contribution < 1.29 is 18.7 Å². The lowest BCUT2D eigenvalue weighted by atomic mass is 9.93. The zero-order valence-corrected chi connectivity index (χ0v) is 21.8. The maximum absolute atomic E-state index is 13.8. The molecule has 0 saturated carbocycles. The van der Waals surface area contributed by atoms with Crippen LogP contribution >= 0.6 is 27.3 Å². The first-order valence-corrected chi connectivity index (χ1v) is 12.8. The van der Waals surface area contributed by atoms with Gasteiger partial charge >= 0.3 is 5.97 Å². The van der Waals surface area contributed by atoms with Crippen LogP contribution in [0.1, 0.15) is 29.9 Å². The lowest BCUT2D eigenvalue weighted by Gasteiger charge is -2.26. The highest BCUT2D eigenvalue weighted by Crippen LogP contribution is 2.36. The number of rotatable bonds is 6. The Hall–Kier alpha value is -3.69. The molecule has 2 aromatic heterocycles. The van der Waals surface area contributed by atoms with E-state index in [4.69, 9.17) is 18.9 Å². The normalized spacial score (nSPS) is 15.4. The van der Waals surface area contributed by atoms with Gasteiger partial charge in [0.05, 0.1) is 35.6 Å². The number of fused-ring (bicyclic) bond motifs is 1. The summed E-state index contributed by atoms with van der Waals surface area (Å²) in [5, 5.41) is 0. The molecule has 0 fully saturated rings. The van der Waals surface area contributed by atoms with Crippen LogP contribution in [-0.2, 0) is 9.53 Å². The quantitative estimate of drug-likeness (QED) is 0.326. The molecule has 0 N–H and O–H groups in total. The molecule has 3 heterocycles. The zero-order valence-electron chi connectivity index (χ0n) is 19.4. The summed E-state index contributed by atoms with van der Waals surface area (Å²) in [6, 6.07) is 19.5. The predicted molar refractivity (Wildman–Crippen MR) is 140 cm³/mol. The number of furan rings is 1. The van der Waals surface area contributed by atoms with E-state index < -0.39 is 12.0 Å². The minimum atomic E-state index is -0.768. The van der Waals surface area contributed by atoms with Crippen molar-refractivity contribution in [3.05, 3.63) is 114 Å². The first-order valence-electron chi connectivity index (χ1n) is 11.2. The van der Waals surface area contributed by atoms with Gasteiger partial charge in [-0.2, -0.15) is 0 Å². The molecular formula is C27H21BrN2O5S. The number of esters is 1. The van der Waals surface area contributed by atoms with Crippen LogP contribution in [0.2, 0.25) is 0 Å². The van der Waals surface area contributed by atoms with Gasteiger partial charge in [-0.05, 0) is 52.7 Å². The van der Waals surface area contributed by atoms with Gasteiger partial charge in [0.2, 0.25) is 0 Å². The summed E-state index contributed by atoms with van der Waals surface area (Å²) in [5.74, 6) is 0.603.